The van der Waals surface area contributed by atoms with Crippen molar-refractivity contribution in [3.63, 3.8) is 0 Å². The Morgan fingerprint density at radius 3 is 2.17 bits per heavy atom. The van der Waals surface area contributed by atoms with Crippen molar-refractivity contribution < 1.29 is 19.4 Å². The van der Waals surface area contributed by atoms with Crippen molar-refractivity contribution in [2.24, 2.45) is 5.92 Å². The Labute approximate surface area is 139 Å². The van der Waals surface area contributed by atoms with Gasteiger partial charge in [0, 0.05) is 12.1 Å². The molecule has 0 amide bonds. The van der Waals surface area contributed by atoms with Crippen LogP contribution < -0.4 is 0 Å². The maximum atomic E-state index is 12.1. The van der Waals surface area contributed by atoms with Crippen molar-refractivity contribution in [3.8, 4) is 0 Å². The van der Waals surface area contributed by atoms with E-state index in [1.54, 1.807) is 0 Å². The van der Waals surface area contributed by atoms with Gasteiger partial charge < -0.3 is 4.74 Å². The number of carbonyl (C=O) groups is 1. The number of benzene rings is 1. The van der Waals surface area contributed by atoms with Crippen LogP contribution in [-0.2, 0) is 4.74 Å². The maximum Gasteiger partial charge on any atom is 0.338 e. The molecule has 0 unspecified atom stereocenters. The number of nitro benzene ring substituents is 2. The molecule has 8 heteroatoms. The Bertz CT molecular complexity index is 617. The van der Waals surface area contributed by atoms with Gasteiger partial charge in [0.25, 0.3) is 11.4 Å². The van der Waals surface area contributed by atoms with E-state index in [1.165, 1.54) is 26.2 Å². The predicted molar refractivity (Wildman–Crippen MR) is 86.0 cm³/mol. The fraction of sp³-hybridized carbons (Fsp3) is 0.562. The van der Waals surface area contributed by atoms with Gasteiger partial charge in [-0.1, -0.05) is 32.1 Å². The fourth-order valence-corrected chi connectivity index (χ4v) is 3.06. The molecule has 0 atom stereocenters. The summed E-state index contributed by atoms with van der Waals surface area (Å²) in [7, 11) is 0. The van der Waals surface area contributed by atoms with Crippen LogP contribution in [0.15, 0.2) is 12.1 Å². The molecular formula is C16H20N2O6. The van der Waals surface area contributed by atoms with Gasteiger partial charge in [-0.15, -0.1) is 0 Å². The van der Waals surface area contributed by atoms with Crippen molar-refractivity contribution >= 4 is 17.3 Å². The number of nitrogens with zero attached hydrogens (tertiary/aromatic N) is 2. The van der Waals surface area contributed by atoms with Gasteiger partial charge in [-0.25, -0.2) is 4.79 Å². The number of rotatable bonds is 6. The highest BCUT2D eigenvalue weighted by molar-refractivity contribution is 5.91. The summed E-state index contributed by atoms with van der Waals surface area (Å²) in [5.74, 6) is -0.231. The molecule has 1 aliphatic rings. The molecular weight excluding hydrogens is 316 g/mol. The molecule has 1 aromatic carbocycles. The van der Waals surface area contributed by atoms with Crippen LogP contribution in [0.1, 0.15) is 54.4 Å². The molecule has 1 aliphatic carbocycles. The van der Waals surface area contributed by atoms with E-state index < -0.39 is 27.2 Å². The topological polar surface area (TPSA) is 113 Å². The zero-order valence-corrected chi connectivity index (χ0v) is 13.5. The van der Waals surface area contributed by atoms with Crippen LogP contribution in [0, 0.1) is 33.1 Å². The Kier molecular flexibility index (Phi) is 5.83. The van der Waals surface area contributed by atoms with Crippen LogP contribution in [0.2, 0.25) is 0 Å². The van der Waals surface area contributed by atoms with Crippen LogP contribution in [0.4, 0.5) is 11.4 Å². The summed E-state index contributed by atoms with van der Waals surface area (Å²) in [6.45, 7) is 1.51. The van der Waals surface area contributed by atoms with Crippen molar-refractivity contribution in [1.82, 2.24) is 0 Å². The molecule has 0 radical (unpaired) electrons. The molecule has 1 saturated carbocycles. The minimum Gasteiger partial charge on any atom is -0.462 e. The van der Waals surface area contributed by atoms with Gasteiger partial charge in [0.15, 0.2) is 0 Å². The van der Waals surface area contributed by atoms with Gasteiger partial charge in [-0.3, -0.25) is 20.2 Å². The van der Waals surface area contributed by atoms with E-state index in [4.69, 9.17) is 4.74 Å². The Hall–Kier alpha value is -2.51. The number of carbonyl (C=O) groups excluding carboxylic acids is 1. The third-order valence-electron chi connectivity index (χ3n) is 4.47. The second-order valence-electron chi connectivity index (χ2n) is 6.08. The molecule has 1 fully saturated rings. The molecule has 8 nitrogen and oxygen atoms in total. The highest BCUT2D eigenvalue weighted by Gasteiger charge is 2.26. The average molecular weight is 336 g/mol. The summed E-state index contributed by atoms with van der Waals surface area (Å²) in [5.41, 5.74) is -1.15. The molecule has 0 N–H and O–H groups in total. The largest absolute Gasteiger partial charge is 0.462 e. The highest BCUT2D eigenvalue weighted by atomic mass is 16.6. The van der Waals surface area contributed by atoms with Gasteiger partial charge >= 0.3 is 5.97 Å². The first-order valence-electron chi connectivity index (χ1n) is 8.00. The van der Waals surface area contributed by atoms with Crippen molar-refractivity contribution in [2.45, 2.75) is 45.4 Å². The third kappa shape index (κ3) is 4.27. The number of esters is 1. The lowest BCUT2D eigenvalue weighted by atomic mass is 9.87. The number of nitro groups is 2. The molecule has 0 saturated heterocycles. The van der Waals surface area contributed by atoms with Gasteiger partial charge in [0.05, 0.1) is 22.0 Å². The summed E-state index contributed by atoms with van der Waals surface area (Å²) < 4.78 is 5.16. The standard InChI is InChI=1S/C16H20N2O6/c1-11-14(17(20)21)9-13(10-15(11)18(22)23)16(19)24-8-7-12-5-3-2-4-6-12/h9-10,12H,2-8H2,1H3. The number of hydrogen-bond donors (Lipinski definition) is 0. The molecule has 130 valence electrons. The van der Waals surface area contributed by atoms with Crippen molar-refractivity contribution in [1.29, 1.82) is 0 Å². The Morgan fingerprint density at radius 1 is 1.12 bits per heavy atom. The van der Waals surface area contributed by atoms with E-state index in [1.807, 2.05) is 0 Å². The normalized spacial score (nSPS) is 15.0. The quantitative estimate of drug-likeness (QED) is 0.442. The Balaban J connectivity index is 2.07. The van der Waals surface area contributed by atoms with Crippen LogP contribution in [0.3, 0.4) is 0 Å². The summed E-state index contributed by atoms with van der Waals surface area (Å²) in [5, 5.41) is 22.0. The lowest BCUT2D eigenvalue weighted by Crippen LogP contribution is -2.13. The second-order valence-corrected chi connectivity index (χ2v) is 6.08. The highest BCUT2D eigenvalue weighted by Crippen LogP contribution is 2.30. The first-order chi connectivity index (χ1) is 11.4. The van der Waals surface area contributed by atoms with Gasteiger partial charge in [0.2, 0.25) is 0 Å². The van der Waals surface area contributed by atoms with E-state index in [0.29, 0.717) is 5.92 Å². The molecule has 0 heterocycles. The number of ether oxygens (including phenoxy) is 1. The molecule has 24 heavy (non-hydrogen) atoms. The second kappa shape index (κ2) is 7.85. The van der Waals surface area contributed by atoms with E-state index in [9.17, 15) is 25.0 Å². The van der Waals surface area contributed by atoms with E-state index in [2.05, 4.69) is 0 Å². The van der Waals surface area contributed by atoms with Crippen molar-refractivity contribution in [2.75, 3.05) is 6.61 Å². The monoisotopic (exact) mass is 336 g/mol. The lowest BCUT2D eigenvalue weighted by Gasteiger charge is -2.21. The van der Waals surface area contributed by atoms with E-state index >= 15 is 0 Å². The minimum absolute atomic E-state index is 0.0799. The zero-order chi connectivity index (χ0) is 17.7. The van der Waals surface area contributed by atoms with Crippen LogP contribution in [0.5, 0.6) is 0 Å². The zero-order valence-electron chi connectivity index (χ0n) is 13.5. The predicted octanol–water partition coefficient (Wildman–Crippen LogP) is 3.94. The summed E-state index contributed by atoms with van der Waals surface area (Å²) in [6.07, 6.45) is 6.62. The van der Waals surface area contributed by atoms with Gasteiger partial charge in [-0.2, -0.15) is 0 Å². The van der Waals surface area contributed by atoms with Crippen molar-refractivity contribution in [3.05, 3.63) is 43.5 Å². The minimum atomic E-state index is -0.767. The Morgan fingerprint density at radius 2 is 1.67 bits per heavy atom. The molecule has 0 bridgehead atoms. The summed E-state index contributed by atoms with van der Waals surface area (Å²) in [6, 6.07) is 2.07. The fourth-order valence-electron chi connectivity index (χ4n) is 3.06. The number of hydrogen-bond acceptors (Lipinski definition) is 6. The van der Waals surface area contributed by atoms with Crippen LogP contribution in [0.25, 0.3) is 0 Å². The first kappa shape index (κ1) is 17.8. The summed E-state index contributed by atoms with van der Waals surface area (Å²) in [4.78, 5) is 32.7. The SMILES string of the molecule is Cc1c([N+](=O)[O-])cc(C(=O)OCCC2CCCCC2)cc1[N+](=O)[O-]. The van der Waals surface area contributed by atoms with E-state index in [0.717, 1.165) is 31.4 Å². The average Bonchev–Trinajstić information content (AvgIpc) is 2.55. The third-order valence-corrected chi connectivity index (χ3v) is 4.47. The molecule has 0 aliphatic heterocycles. The summed E-state index contributed by atoms with van der Waals surface area (Å²) >= 11 is 0. The van der Waals surface area contributed by atoms with Crippen LogP contribution in [-0.4, -0.2) is 22.4 Å². The molecule has 2 rings (SSSR count). The molecule has 1 aromatic rings. The van der Waals surface area contributed by atoms with E-state index in [-0.39, 0.29) is 17.7 Å². The smallest absolute Gasteiger partial charge is 0.338 e. The van der Waals surface area contributed by atoms with Crippen LogP contribution >= 0.6 is 0 Å². The first-order valence-corrected chi connectivity index (χ1v) is 8.00. The van der Waals surface area contributed by atoms with Gasteiger partial charge in [-0.05, 0) is 19.3 Å². The maximum absolute atomic E-state index is 12.1. The van der Waals surface area contributed by atoms with Gasteiger partial charge in [0.1, 0.15) is 5.56 Å². The molecule has 0 aromatic heterocycles. The lowest BCUT2D eigenvalue weighted by molar-refractivity contribution is -0.395. The molecule has 0 spiro atoms.